The van der Waals surface area contributed by atoms with Gasteiger partial charge in [0.25, 0.3) is 0 Å². The zero-order valence-corrected chi connectivity index (χ0v) is 15.7. The minimum Gasteiger partial charge on any atom is -0.445 e. The summed E-state index contributed by atoms with van der Waals surface area (Å²) in [5.74, 6) is 1.05. The van der Waals surface area contributed by atoms with Crippen LogP contribution in [-0.2, 0) is 11.3 Å². The van der Waals surface area contributed by atoms with Crippen molar-refractivity contribution < 1.29 is 9.53 Å². The minimum atomic E-state index is -0.227. The quantitative estimate of drug-likeness (QED) is 0.798. The predicted molar refractivity (Wildman–Crippen MR) is 106 cm³/mol. The third-order valence-corrected chi connectivity index (χ3v) is 5.52. The number of anilines is 1. The monoisotopic (exact) mass is 365 g/mol. The van der Waals surface area contributed by atoms with Gasteiger partial charge in [0.15, 0.2) is 0 Å². The topological polar surface area (TPSA) is 45.7 Å². The molecule has 5 nitrogen and oxygen atoms in total. The molecule has 0 saturated carbocycles. The third-order valence-electron chi connectivity index (χ3n) is 5.52. The largest absolute Gasteiger partial charge is 0.445 e. The summed E-state index contributed by atoms with van der Waals surface area (Å²) < 4.78 is 5.60. The number of carbonyl (C=O) groups excluding carboxylic acids is 1. The number of aromatic nitrogens is 1. The standard InChI is InChI=1S/C22H27N3O2/c26-22(27-17-18-9-3-1-4-10-18)25-16-8-12-20(25)19-11-7-13-23-21(19)24-14-5-2-6-15-24/h1,3-4,7,9-11,13,20H,2,5-6,8,12,14-17H2. The first-order chi connectivity index (χ1) is 13.3. The maximum Gasteiger partial charge on any atom is 0.410 e. The van der Waals surface area contributed by atoms with Gasteiger partial charge in [0.05, 0.1) is 6.04 Å². The summed E-state index contributed by atoms with van der Waals surface area (Å²) in [5, 5.41) is 0. The SMILES string of the molecule is O=C(OCc1ccccc1)N1CCCC1c1cccnc1N1CCCCC1. The molecule has 2 aliphatic rings. The summed E-state index contributed by atoms with van der Waals surface area (Å²) in [5.41, 5.74) is 2.17. The summed E-state index contributed by atoms with van der Waals surface area (Å²) in [4.78, 5) is 21.7. The molecule has 142 valence electrons. The Kier molecular flexibility index (Phi) is 5.56. The molecule has 4 rings (SSSR count). The van der Waals surface area contributed by atoms with Crippen LogP contribution < -0.4 is 4.90 Å². The Hall–Kier alpha value is -2.56. The Bertz CT molecular complexity index is 759. The van der Waals surface area contributed by atoms with Crippen LogP contribution in [0.4, 0.5) is 10.6 Å². The first kappa shape index (κ1) is 17.8. The molecule has 1 aromatic carbocycles. The molecule has 3 heterocycles. The van der Waals surface area contributed by atoms with Gasteiger partial charge in [0.1, 0.15) is 12.4 Å². The minimum absolute atomic E-state index is 0.0545. The molecular weight excluding hydrogens is 338 g/mol. The molecule has 0 N–H and O–H groups in total. The van der Waals surface area contributed by atoms with Crippen LogP contribution in [0.2, 0.25) is 0 Å². The van der Waals surface area contributed by atoms with Gasteiger partial charge in [-0.25, -0.2) is 9.78 Å². The number of amides is 1. The zero-order valence-electron chi connectivity index (χ0n) is 15.7. The first-order valence-electron chi connectivity index (χ1n) is 10.00. The first-order valence-corrected chi connectivity index (χ1v) is 10.00. The fourth-order valence-electron chi connectivity index (χ4n) is 4.15. The van der Waals surface area contributed by atoms with Gasteiger partial charge in [-0.1, -0.05) is 36.4 Å². The van der Waals surface area contributed by atoms with Gasteiger partial charge in [0, 0.05) is 31.4 Å². The van der Waals surface area contributed by atoms with Gasteiger partial charge in [-0.05, 0) is 43.7 Å². The predicted octanol–water partition coefficient (Wildman–Crippen LogP) is 4.55. The van der Waals surface area contributed by atoms with Crippen LogP contribution >= 0.6 is 0 Å². The molecule has 0 aliphatic carbocycles. The average molecular weight is 365 g/mol. The number of rotatable bonds is 4. The van der Waals surface area contributed by atoms with Crippen LogP contribution in [0.1, 0.15) is 49.3 Å². The van der Waals surface area contributed by atoms with E-state index >= 15 is 0 Å². The van der Waals surface area contributed by atoms with Gasteiger partial charge in [-0.15, -0.1) is 0 Å². The van der Waals surface area contributed by atoms with E-state index in [-0.39, 0.29) is 12.1 Å². The second kappa shape index (κ2) is 8.42. The Balaban J connectivity index is 1.49. The van der Waals surface area contributed by atoms with Crippen molar-refractivity contribution in [2.75, 3.05) is 24.5 Å². The average Bonchev–Trinajstić information content (AvgIpc) is 3.23. The fraction of sp³-hybridized carbons (Fsp3) is 0.455. The highest BCUT2D eigenvalue weighted by Gasteiger charge is 2.34. The maximum atomic E-state index is 12.8. The smallest absolute Gasteiger partial charge is 0.410 e. The summed E-state index contributed by atoms with van der Waals surface area (Å²) in [7, 11) is 0. The van der Waals surface area contributed by atoms with Crippen LogP contribution in [0.15, 0.2) is 48.7 Å². The number of nitrogens with zero attached hydrogens (tertiary/aromatic N) is 3. The van der Waals surface area contributed by atoms with Crippen LogP contribution in [0.3, 0.4) is 0 Å². The maximum absolute atomic E-state index is 12.8. The lowest BCUT2D eigenvalue weighted by molar-refractivity contribution is 0.0921. The van der Waals surface area contributed by atoms with E-state index in [2.05, 4.69) is 16.0 Å². The lowest BCUT2D eigenvalue weighted by Crippen LogP contribution is -2.34. The van der Waals surface area contributed by atoms with Crippen LogP contribution in [0.25, 0.3) is 0 Å². The van der Waals surface area contributed by atoms with Crippen LogP contribution in [-0.4, -0.2) is 35.6 Å². The van der Waals surface area contributed by atoms with Crippen molar-refractivity contribution in [3.63, 3.8) is 0 Å². The van der Waals surface area contributed by atoms with Gasteiger partial charge >= 0.3 is 6.09 Å². The van der Waals surface area contributed by atoms with Crippen molar-refractivity contribution in [1.29, 1.82) is 0 Å². The summed E-state index contributed by atoms with van der Waals surface area (Å²) in [6.45, 7) is 3.16. The Morgan fingerprint density at radius 1 is 1.00 bits per heavy atom. The highest BCUT2D eigenvalue weighted by atomic mass is 16.6. The van der Waals surface area contributed by atoms with Crippen molar-refractivity contribution in [1.82, 2.24) is 9.88 Å². The molecule has 0 spiro atoms. The van der Waals surface area contributed by atoms with Gasteiger partial charge in [-0.3, -0.25) is 0 Å². The molecule has 1 amide bonds. The van der Waals surface area contributed by atoms with E-state index in [0.717, 1.165) is 49.4 Å². The summed E-state index contributed by atoms with van der Waals surface area (Å²) in [6.07, 6.45) is 7.31. The van der Waals surface area contributed by atoms with Crippen LogP contribution in [0.5, 0.6) is 0 Å². The molecule has 2 fully saturated rings. The second-order valence-electron chi connectivity index (χ2n) is 7.36. The number of hydrogen-bond donors (Lipinski definition) is 0. The van der Waals surface area contributed by atoms with E-state index in [9.17, 15) is 4.79 Å². The van der Waals surface area contributed by atoms with Crippen molar-refractivity contribution in [2.45, 2.75) is 44.8 Å². The molecule has 2 saturated heterocycles. The normalized spacial score (nSPS) is 19.9. The Morgan fingerprint density at radius 3 is 2.63 bits per heavy atom. The summed E-state index contributed by atoms with van der Waals surface area (Å²) >= 11 is 0. The number of hydrogen-bond acceptors (Lipinski definition) is 4. The van der Waals surface area contributed by atoms with Crippen molar-refractivity contribution >= 4 is 11.9 Å². The van der Waals surface area contributed by atoms with E-state index in [1.807, 2.05) is 47.5 Å². The molecule has 5 heteroatoms. The van der Waals surface area contributed by atoms with E-state index in [4.69, 9.17) is 4.74 Å². The van der Waals surface area contributed by atoms with Gasteiger partial charge in [-0.2, -0.15) is 0 Å². The number of piperidine rings is 1. The van der Waals surface area contributed by atoms with Gasteiger partial charge < -0.3 is 14.5 Å². The van der Waals surface area contributed by atoms with Crippen molar-refractivity contribution in [3.8, 4) is 0 Å². The lowest BCUT2D eigenvalue weighted by atomic mass is 10.0. The van der Waals surface area contributed by atoms with E-state index in [1.54, 1.807) is 0 Å². The van der Waals surface area contributed by atoms with Crippen LogP contribution in [0, 0.1) is 0 Å². The highest BCUT2D eigenvalue weighted by Crippen LogP contribution is 2.37. The zero-order chi connectivity index (χ0) is 18.5. The van der Waals surface area contributed by atoms with Crippen molar-refractivity contribution in [2.24, 2.45) is 0 Å². The Labute approximate surface area is 161 Å². The van der Waals surface area contributed by atoms with E-state index in [1.165, 1.54) is 19.3 Å². The number of benzene rings is 1. The Morgan fingerprint density at radius 2 is 1.81 bits per heavy atom. The fourth-order valence-corrected chi connectivity index (χ4v) is 4.15. The van der Waals surface area contributed by atoms with E-state index < -0.39 is 0 Å². The number of pyridine rings is 1. The molecule has 2 aliphatic heterocycles. The molecule has 1 aromatic heterocycles. The number of ether oxygens (including phenoxy) is 1. The molecular formula is C22H27N3O2. The molecule has 1 atom stereocenters. The van der Waals surface area contributed by atoms with E-state index in [0.29, 0.717) is 6.61 Å². The lowest BCUT2D eigenvalue weighted by Gasteiger charge is -2.32. The second-order valence-corrected chi connectivity index (χ2v) is 7.36. The molecule has 2 aromatic rings. The molecule has 27 heavy (non-hydrogen) atoms. The summed E-state index contributed by atoms with van der Waals surface area (Å²) in [6, 6.07) is 14.0. The molecule has 0 bridgehead atoms. The third kappa shape index (κ3) is 4.07. The molecule has 0 radical (unpaired) electrons. The highest BCUT2D eigenvalue weighted by molar-refractivity contribution is 5.69. The van der Waals surface area contributed by atoms with Gasteiger partial charge in [0.2, 0.25) is 0 Å². The number of likely N-dealkylation sites (tertiary alicyclic amines) is 1. The molecule has 1 unspecified atom stereocenters. The number of carbonyl (C=O) groups is 1. The van der Waals surface area contributed by atoms with Crippen molar-refractivity contribution in [3.05, 3.63) is 59.8 Å².